The maximum absolute atomic E-state index is 6.11. The standard InChI is InChI=1S/C13H17Cl2NO/c1-17-13-9(6-10(14)7-12(13)15)8-16-11-4-2-3-5-11/h6-7,11,16H,2-5,8H2,1H3/p+1. The molecule has 1 aliphatic rings. The van der Waals surface area contributed by atoms with Crippen LogP contribution in [0.5, 0.6) is 5.75 Å². The van der Waals surface area contributed by atoms with E-state index in [1.807, 2.05) is 6.07 Å². The largest absolute Gasteiger partial charge is 0.495 e. The van der Waals surface area contributed by atoms with Crippen LogP contribution >= 0.6 is 23.2 Å². The maximum Gasteiger partial charge on any atom is 0.146 e. The van der Waals surface area contributed by atoms with Crippen molar-refractivity contribution in [1.29, 1.82) is 0 Å². The predicted octanol–water partition coefficient (Wildman–Crippen LogP) is 3.01. The minimum absolute atomic E-state index is 0.592. The Balaban J connectivity index is 2.07. The van der Waals surface area contributed by atoms with Gasteiger partial charge in [-0.15, -0.1) is 0 Å². The van der Waals surface area contributed by atoms with Crippen LogP contribution in [-0.2, 0) is 6.54 Å². The van der Waals surface area contributed by atoms with E-state index in [1.165, 1.54) is 25.7 Å². The number of quaternary nitrogens is 1. The van der Waals surface area contributed by atoms with Gasteiger partial charge < -0.3 is 10.1 Å². The molecule has 2 N–H and O–H groups in total. The van der Waals surface area contributed by atoms with Crippen molar-refractivity contribution < 1.29 is 10.1 Å². The molecule has 17 heavy (non-hydrogen) atoms. The first-order chi connectivity index (χ1) is 8.20. The highest BCUT2D eigenvalue weighted by atomic mass is 35.5. The summed E-state index contributed by atoms with van der Waals surface area (Å²) in [4.78, 5) is 0. The number of benzene rings is 1. The molecule has 1 aromatic rings. The van der Waals surface area contributed by atoms with Gasteiger partial charge in [0.2, 0.25) is 0 Å². The van der Waals surface area contributed by atoms with Crippen molar-refractivity contribution in [2.24, 2.45) is 0 Å². The molecule has 1 aliphatic carbocycles. The summed E-state index contributed by atoms with van der Waals surface area (Å²) in [5.41, 5.74) is 1.08. The van der Waals surface area contributed by atoms with Crippen molar-refractivity contribution >= 4 is 23.2 Å². The van der Waals surface area contributed by atoms with E-state index in [4.69, 9.17) is 27.9 Å². The molecule has 4 heteroatoms. The summed E-state index contributed by atoms with van der Waals surface area (Å²) in [5.74, 6) is 0.755. The summed E-state index contributed by atoms with van der Waals surface area (Å²) in [6, 6.07) is 4.41. The van der Waals surface area contributed by atoms with Crippen LogP contribution < -0.4 is 10.1 Å². The van der Waals surface area contributed by atoms with Gasteiger partial charge in [-0.05, 0) is 37.8 Å². The molecule has 2 nitrogen and oxygen atoms in total. The molecule has 0 radical (unpaired) electrons. The van der Waals surface area contributed by atoms with Gasteiger partial charge in [-0.25, -0.2) is 0 Å². The molecule has 0 aromatic heterocycles. The molecule has 0 spiro atoms. The van der Waals surface area contributed by atoms with Crippen molar-refractivity contribution in [3.05, 3.63) is 27.7 Å². The fraction of sp³-hybridized carbons (Fsp3) is 0.538. The Bertz CT molecular complexity index is 389. The molecule has 0 unspecified atom stereocenters. The lowest BCUT2D eigenvalue weighted by Gasteiger charge is -2.13. The first kappa shape index (κ1) is 13.0. The van der Waals surface area contributed by atoms with Crippen LogP contribution in [0.15, 0.2) is 12.1 Å². The molecule has 0 saturated heterocycles. The second-order valence-electron chi connectivity index (χ2n) is 4.56. The third-order valence-corrected chi connectivity index (χ3v) is 3.86. The zero-order valence-corrected chi connectivity index (χ0v) is 11.5. The summed E-state index contributed by atoms with van der Waals surface area (Å²) in [6.45, 7) is 0.883. The van der Waals surface area contributed by atoms with Gasteiger partial charge in [0.05, 0.1) is 23.7 Å². The molecular formula is C13H18Cl2NO+. The highest BCUT2D eigenvalue weighted by Crippen LogP contribution is 2.31. The molecule has 0 amide bonds. The fourth-order valence-electron chi connectivity index (χ4n) is 2.48. The zero-order valence-electron chi connectivity index (χ0n) is 10.0. The number of hydrogen-bond acceptors (Lipinski definition) is 1. The third kappa shape index (κ3) is 3.27. The Labute approximate surface area is 112 Å². The smallest absolute Gasteiger partial charge is 0.146 e. The zero-order chi connectivity index (χ0) is 12.3. The highest BCUT2D eigenvalue weighted by molar-refractivity contribution is 6.35. The number of rotatable bonds is 4. The van der Waals surface area contributed by atoms with Gasteiger partial charge in [-0.2, -0.15) is 0 Å². The summed E-state index contributed by atoms with van der Waals surface area (Å²) >= 11 is 12.1. The molecule has 1 aromatic carbocycles. The van der Waals surface area contributed by atoms with E-state index in [1.54, 1.807) is 13.2 Å². The van der Waals surface area contributed by atoms with Crippen molar-refractivity contribution in [3.8, 4) is 5.75 Å². The summed E-state index contributed by atoms with van der Waals surface area (Å²) in [6.07, 6.45) is 5.34. The Morgan fingerprint density at radius 1 is 1.29 bits per heavy atom. The van der Waals surface area contributed by atoms with E-state index in [2.05, 4.69) is 5.32 Å². The first-order valence-electron chi connectivity index (χ1n) is 6.06. The lowest BCUT2D eigenvalue weighted by molar-refractivity contribution is -0.703. The van der Waals surface area contributed by atoms with Crippen LogP contribution in [-0.4, -0.2) is 13.2 Å². The number of hydrogen-bond donors (Lipinski definition) is 1. The number of ether oxygens (including phenoxy) is 1. The molecule has 0 bridgehead atoms. The molecule has 94 valence electrons. The number of methoxy groups -OCH3 is 1. The van der Waals surface area contributed by atoms with Crippen molar-refractivity contribution in [2.75, 3.05) is 7.11 Å². The van der Waals surface area contributed by atoms with E-state index < -0.39 is 0 Å². The molecule has 1 saturated carbocycles. The van der Waals surface area contributed by atoms with Crippen molar-refractivity contribution in [1.82, 2.24) is 0 Å². The molecular weight excluding hydrogens is 257 g/mol. The lowest BCUT2D eigenvalue weighted by atomic mass is 10.1. The molecule has 1 fully saturated rings. The van der Waals surface area contributed by atoms with E-state index in [-0.39, 0.29) is 0 Å². The first-order valence-corrected chi connectivity index (χ1v) is 6.81. The molecule has 2 rings (SSSR count). The van der Waals surface area contributed by atoms with E-state index >= 15 is 0 Å². The fourth-order valence-corrected chi connectivity index (χ4v) is 3.09. The summed E-state index contributed by atoms with van der Waals surface area (Å²) in [7, 11) is 1.65. The minimum atomic E-state index is 0.592. The topological polar surface area (TPSA) is 25.8 Å². The lowest BCUT2D eigenvalue weighted by Crippen LogP contribution is -2.87. The second kappa shape index (κ2) is 5.94. The van der Waals surface area contributed by atoms with Crippen molar-refractivity contribution in [2.45, 2.75) is 38.3 Å². The van der Waals surface area contributed by atoms with Crippen LogP contribution in [0.4, 0.5) is 0 Å². The van der Waals surface area contributed by atoms with E-state index in [0.717, 1.165) is 23.9 Å². The van der Waals surface area contributed by atoms with E-state index in [0.29, 0.717) is 10.0 Å². The Hall–Kier alpha value is -0.440. The minimum Gasteiger partial charge on any atom is -0.495 e. The number of halogens is 2. The monoisotopic (exact) mass is 274 g/mol. The normalized spacial score (nSPS) is 16.4. The van der Waals surface area contributed by atoms with Gasteiger partial charge in [0.15, 0.2) is 0 Å². The van der Waals surface area contributed by atoms with Crippen LogP contribution in [0.25, 0.3) is 0 Å². The van der Waals surface area contributed by atoms with Gasteiger partial charge in [0.1, 0.15) is 12.3 Å². The number of nitrogens with two attached hydrogens (primary N) is 1. The van der Waals surface area contributed by atoms with Crippen LogP contribution in [0.1, 0.15) is 31.2 Å². The predicted molar refractivity (Wildman–Crippen MR) is 70.9 cm³/mol. The van der Waals surface area contributed by atoms with Gasteiger partial charge in [-0.3, -0.25) is 0 Å². The van der Waals surface area contributed by atoms with Crippen molar-refractivity contribution in [3.63, 3.8) is 0 Å². The maximum atomic E-state index is 6.11. The summed E-state index contributed by atoms with van der Waals surface area (Å²) < 4.78 is 5.34. The van der Waals surface area contributed by atoms with Gasteiger partial charge >= 0.3 is 0 Å². The Morgan fingerprint density at radius 3 is 2.65 bits per heavy atom. The van der Waals surface area contributed by atoms with Crippen LogP contribution in [0, 0.1) is 0 Å². The SMILES string of the molecule is COc1c(Cl)cc(Cl)cc1C[NH2+]C1CCCC1. The molecule has 0 heterocycles. The average Bonchev–Trinajstić information content (AvgIpc) is 2.78. The van der Waals surface area contributed by atoms with Crippen LogP contribution in [0.3, 0.4) is 0 Å². The average molecular weight is 275 g/mol. The Morgan fingerprint density at radius 2 is 2.00 bits per heavy atom. The van der Waals surface area contributed by atoms with Gasteiger partial charge in [-0.1, -0.05) is 23.2 Å². The molecule has 0 atom stereocenters. The third-order valence-electron chi connectivity index (χ3n) is 3.36. The van der Waals surface area contributed by atoms with Gasteiger partial charge in [0, 0.05) is 5.02 Å². The Kier molecular flexibility index (Phi) is 4.55. The quantitative estimate of drug-likeness (QED) is 0.898. The van der Waals surface area contributed by atoms with Gasteiger partial charge in [0.25, 0.3) is 0 Å². The second-order valence-corrected chi connectivity index (χ2v) is 5.41. The molecule has 0 aliphatic heterocycles. The van der Waals surface area contributed by atoms with Crippen LogP contribution in [0.2, 0.25) is 10.0 Å². The highest BCUT2D eigenvalue weighted by Gasteiger charge is 2.19. The summed E-state index contributed by atoms with van der Waals surface area (Å²) in [5, 5.41) is 3.64. The van der Waals surface area contributed by atoms with E-state index in [9.17, 15) is 0 Å².